The molecule has 1 amide bonds. The zero-order valence-electron chi connectivity index (χ0n) is 17.2. The van der Waals surface area contributed by atoms with Gasteiger partial charge >= 0.3 is 0 Å². The number of benzene rings is 1. The second-order valence-corrected chi connectivity index (χ2v) is 6.86. The number of carbonyl (C=O) groups excluding carboxylic acids is 1. The van der Waals surface area contributed by atoms with E-state index in [0.29, 0.717) is 30.5 Å². The molecule has 3 rings (SSSR count). The number of anilines is 1. The van der Waals surface area contributed by atoms with E-state index in [-0.39, 0.29) is 12.5 Å². The molecule has 0 saturated heterocycles. The lowest BCUT2D eigenvalue weighted by Crippen LogP contribution is -2.32. The summed E-state index contributed by atoms with van der Waals surface area (Å²) >= 11 is 0. The van der Waals surface area contributed by atoms with E-state index in [1.54, 1.807) is 4.68 Å². The quantitative estimate of drug-likeness (QED) is 0.570. The van der Waals surface area contributed by atoms with Gasteiger partial charge < -0.3 is 15.4 Å². The second-order valence-electron chi connectivity index (χ2n) is 6.86. The smallest absolute Gasteiger partial charge is 0.258 e. The van der Waals surface area contributed by atoms with E-state index in [1.165, 1.54) is 0 Å². The maximum Gasteiger partial charge on any atom is 0.258 e. The maximum atomic E-state index is 11.9. The Balaban J connectivity index is 1.40. The predicted molar refractivity (Wildman–Crippen MR) is 112 cm³/mol. The lowest BCUT2D eigenvalue weighted by atomic mass is 10.2. The van der Waals surface area contributed by atoms with Crippen molar-refractivity contribution in [3.8, 4) is 11.6 Å². The standard InChI is InChI=1S/C21H26N6O2/c1-14-5-7-18(8-6-14)29-13-21(28)23-12-11-22-19-9-10-20(25-24-19)27-17(4)15(2)16(3)26-27/h5-10H,11-13H2,1-4H3,(H,22,24)(H,23,28). The van der Waals surface area contributed by atoms with Gasteiger partial charge in [-0.2, -0.15) is 5.10 Å². The first-order valence-corrected chi connectivity index (χ1v) is 9.51. The van der Waals surface area contributed by atoms with Gasteiger partial charge in [0.15, 0.2) is 12.4 Å². The molecule has 0 bridgehead atoms. The zero-order valence-corrected chi connectivity index (χ0v) is 17.2. The van der Waals surface area contributed by atoms with Crippen LogP contribution in [-0.2, 0) is 4.79 Å². The number of aryl methyl sites for hydroxylation is 2. The molecule has 3 aromatic rings. The normalized spacial score (nSPS) is 10.6. The van der Waals surface area contributed by atoms with E-state index in [1.807, 2.05) is 64.1 Å². The number of aromatic nitrogens is 4. The van der Waals surface area contributed by atoms with Crippen molar-refractivity contribution in [2.75, 3.05) is 25.0 Å². The van der Waals surface area contributed by atoms with Crippen LogP contribution in [0, 0.1) is 27.7 Å². The number of hydrogen-bond donors (Lipinski definition) is 2. The highest BCUT2D eigenvalue weighted by molar-refractivity contribution is 5.77. The number of nitrogens with zero attached hydrogens (tertiary/aromatic N) is 4. The summed E-state index contributed by atoms with van der Waals surface area (Å²) in [6.45, 7) is 9.00. The zero-order chi connectivity index (χ0) is 20.8. The molecule has 0 fully saturated rings. The van der Waals surface area contributed by atoms with Gasteiger partial charge in [-0.05, 0) is 57.5 Å². The molecule has 8 nitrogen and oxygen atoms in total. The van der Waals surface area contributed by atoms with E-state index in [4.69, 9.17) is 4.74 Å². The van der Waals surface area contributed by atoms with Crippen LogP contribution in [0.1, 0.15) is 22.5 Å². The van der Waals surface area contributed by atoms with Crippen LogP contribution in [-0.4, -0.2) is 45.6 Å². The summed E-state index contributed by atoms with van der Waals surface area (Å²) in [6.07, 6.45) is 0. The van der Waals surface area contributed by atoms with Gasteiger partial charge in [0.1, 0.15) is 11.6 Å². The number of rotatable bonds is 8. The van der Waals surface area contributed by atoms with Gasteiger partial charge in [-0.15, -0.1) is 10.2 Å². The van der Waals surface area contributed by atoms with Crippen molar-refractivity contribution in [1.82, 2.24) is 25.3 Å². The Morgan fingerprint density at radius 1 is 1.00 bits per heavy atom. The summed E-state index contributed by atoms with van der Waals surface area (Å²) in [7, 11) is 0. The molecule has 152 valence electrons. The molecule has 2 N–H and O–H groups in total. The Morgan fingerprint density at radius 3 is 2.38 bits per heavy atom. The molecule has 8 heteroatoms. The first-order chi connectivity index (χ1) is 13.9. The lowest BCUT2D eigenvalue weighted by molar-refractivity contribution is -0.123. The molecule has 29 heavy (non-hydrogen) atoms. The molecule has 0 aliphatic heterocycles. The fourth-order valence-corrected chi connectivity index (χ4v) is 2.70. The van der Waals surface area contributed by atoms with E-state index >= 15 is 0 Å². The molecule has 0 saturated carbocycles. The van der Waals surface area contributed by atoms with Crippen LogP contribution in [0.25, 0.3) is 5.82 Å². The average molecular weight is 394 g/mol. The van der Waals surface area contributed by atoms with E-state index in [2.05, 4.69) is 25.9 Å². The van der Waals surface area contributed by atoms with E-state index in [0.717, 1.165) is 22.5 Å². The van der Waals surface area contributed by atoms with Gasteiger partial charge in [-0.3, -0.25) is 4.79 Å². The summed E-state index contributed by atoms with van der Waals surface area (Å²) in [4.78, 5) is 11.9. The van der Waals surface area contributed by atoms with Crippen molar-refractivity contribution in [3.05, 3.63) is 58.9 Å². The molecule has 0 unspecified atom stereocenters. The van der Waals surface area contributed by atoms with Crippen LogP contribution >= 0.6 is 0 Å². The second kappa shape index (κ2) is 9.18. The Labute approximate surface area is 170 Å². The summed E-state index contributed by atoms with van der Waals surface area (Å²) in [5.74, 6) is 1.81. The highest BCUT2D eigenvalue weighted by Crippen LogP contribution is 2.15. The van der Waals surface area contributed by atoms with E-state index in [9.17, 15) is 4.79 Å². The Hall–Kier alpha value is -3.42. The van der Waals surface area contributed by atoms with Crippen LogP contribution in [0.5, 0.6) is 5.75 Å². The third kappa shape index (κ3) is 5.31. The molecule has 0 atom stereocenters. The first kappa shape index (κ1) is 20.3. The van der Waals surface area contributed by atoms with Gasteiger partial charge in [0, 0.05) is 18.8 Å². The Kier molecular flexibility index (Phi) is 6.43. The minimum Gasteiger partial charge on any atom is -0.484 e. The SMILES string of the molecule is Cc1ccc(OCC(=O)NCCNc2ccc(-n3nc(C)c(C)c3C)nn2)cc1. The number of ether oxygens (including phenoxy) is 1. The fourth-order valence-electron chi connectivity index (χ4n) is 2.70. The molecule has 1 aromatic carbocycles. The highest BCUT2D eigenvalue weighted by Gasteiger charge is 2.10. The Morgan fingerprint density at radius 2 is 1.76 bits per heavy atom. The first-order valence-electron chi connectivity index (χ1n) is 9.51. The van der Waals surface area contributed by atoms with Gasteiger partial charge in [-0.1, -0.05) is 17.7 Å². The maximum absolute atomic E-state index is 11.9. The van der Waals surface area contributed by atoms with Crippen molar-refractivity contribution in [2.45, 2.75) is 27.7 Å². The number of carbonyl (C=O) groups is 1. The lowest BCUT2D eigenvalue weighted by Gasteiger charge is -2.09. The number of nitrogens with one attached hydrogen (secondary N) is 2. The van der Waals surface area contributed by atoms with Gasteiger partial charge in [0.2, 0.25) is 0 Å². The van der Waals surface area contributed by atoms with Crippen LogP contribution in [0.15, 0.2) is 36.4 Å². The van der Waals surface area contributed by atoms with Crippen molar-refractivity contribution >= 4 is 11.7 Å². The summed E-state index contributed by atoms with van der Waals surface area (Å²) in [5.41, 5.74) is 4.33. The molecule has 0 aliphatic carbocycles. The number of hydrogen-bond acceptors (Lipinski definition) is 6. The van der Waals surface area contributed by atoms with Crippen molar-refractivity contribution in [3.63, 3.8) is 0 Å². The third-order valence-electron chi connectivity index (χ3n) is 4.66. The van der Waals surface area contributed by atoms with Crippen LogP contribution in [0.2, 0.25) is 0 Å². The molecule has 0 aliphatic rings. The monoisotopic (exact) mass is 394 g/mol. The van der Waals surface area contributed by atoms with E-state index < -0.39 is 0 Å². The van der Waals surface area contributed by atoms with Gasteiger partial charge in [0.25, 0.3) is 5.91 Å². The molecule has 2 aromatic heterocycles. The third-order valence-corrected chi connectivity index (χ3v) is 4.66. The largest absolute Gasteiger partial charge is 0.484 e. The molecule has 0 radical (unpaired) electrons. The van der Waals surface area contributed by atoms with Crippen LogP contribution in [0.3, 0.4) is 0 Å². The number of amides is 1. The summed E-state index contributed by atoms with van der Waals surface area (Å²) in [5, 5.41) is 18.8. The van der Waals surface area contributed by atoms with Crippen molar-refractivity contribution < 1.29 is 9.53 Å². The minimum absolute atomic E-state index is 0.0143. The minimum atomic E-state index is -0.172. The molecular formula is C21H26N6O2. The van der Waals surface area contributed by atoms with Gasteiger partial charge in [0.05, 0.1) is 5.69 Å². The van der Waals surface area contributed by atoms with Crippen molar-refractivity contribution in [2.24, 2.45) is 0 Å². The van der Waals surface area contributed by atoms with Crippen LogP contribution < -0.4 is 15.4 Å². The highest BCUT2D eigenvalue weighted by atomic mass is 16.5. The van der Waals surface area contributed by atoms with Crippen LogP contribution in [0.4, 0.5) is 5.82 Å². The molecular weight excluding hydrogens is 368 g/mol. The fraction of sp³-hybridized carbons (Fsp3) is 0.333. The topological polar surface area (TPSA) is 94.0 Å². The van der Waals surface area contributed by atoms with Crippen molar-refractivity contribution in [1.29, 1.82) is 0 Å². The summed E-state index contributed by atoms with van der Waals surface area (Å²) < 4.78 is 7.24. The molecule has 0 spiro atoms. The molecule has 2 heterocycles. The summed E-state index contributed by atoms with van der Waals surface area (Å²) in [6, 6.07) is 11.3. The average Bonchev–Trinajstić information content (AvgIpc) is 2.98. The van der Waals surface area contributed by atoms with Gasteiger partial charge in [-0.25, -0.2) is 4.68 Å². The Bertz CT molecular complexity index is 964. The predicted octanol–water partition coefficient (Wildman–Crippen LogP) is 2.50.